The Labute approximate surface area is 168 Å². The first-order valence-corrected chi connectivity index (χ1v) is 10.0. The maximum Gasteiger partial charge on any atom is 0.242 e. The number of alkyl halides is 1. The van der Waals surface area contributed by atoms with E-state index < -0.39 is 5.38 Å². The Kier molecular flexibility index (Phi) is 5.97. The maximum absolute atomic E-state index is 12.6. The Morgan fingerprint density at radius 1 is 1.30 bits per heavy atom. The van der Waals surface area contributed by atoms with E-state index in [4.69, 9.17) is 16.3 Å². The van der Waals surface area contributed by atoms with Crippen molar-refractivity contribution < 1.29 is 14.3 Å². The fraction of sp³-hybridized carbons (Fsp3) is 0.300. The van der Waals surface area contributed by atoms with E-state index in [1.54, 1.807) is 30.7 Å². The molecule has 0 saturated carbocycles. The molecule has 5 nitrogen and oxygen atoms in total. The van der Waals surface area contributed by atoms with Gasteiger partial charge in [0, 0.05) is 5.69 Å². The Hall–Kier alpha value is -2.18. The number of carbonyl (C=O) groups is 2. The molecule has 0 radical (unpaired) electrons. The molecule has 7 heteroatoms. The summed E-state index contributed by atoms with van der Waals surface area (Å²) in [6.07, 6.45) is 0. The summed E-state index contributed by atoms with van der Waals surface area (Å²) in [5.74, 6) is 0.869. The van der Waals surface area contributed by atoms with Crippen LogP contribution in [0.5, 0.6) is 5.75 Å². The van der Waals surface area contributed by atoms with Crippen molar-refractivity contribution in [3.05, 3.63) is 53.6 Å². The second kappa shape index (κ2) is 8.23. The number of ether oxygens (including phenoxy) is 1. The minimum absolute atomic E-state index is 0.0437. The van der Waals surface area contributed by atoms with Crippen LogP contribution in [0.4, 0.5) is 11.4 Å². The molecule has 2 atom stereocenters. The summed E-state index contributed by atoms with van der Waals surface area (Å²) in [6.45, 7) is 3.61. The Bertz CT molecular complexity index is 855. The third kappa shape index (κ3) is 4.22. The topological polar surface area (TPSA) is 58.6 Å². The van der Waals surface area contributed by atoms with Gasteiger partial charge in [-0.25, -0.2) is 0 Å². The van der Waals surface area contributed by atoms with Gasteiger partial charge in [0.2, 0.25) is 11.8 Å². The molecule has 0 aliphatic carbocycles. The van der Waals surface area contributed by atoms with Crippen LogP contribution < -0.4 is 15.0 Å². The lowest BCUT2D eigenvalue weighted by atomic mass is 10.1. The standard InChI is InChI=1S/C20H21ClN2O3S/c1-12-4-9-17(26-3)16(10-12)23-18(24)11-27-20(23)14-5-7-15(8-6-14)22-19(25)13(2)21/h4-10,13,20H,11H2,1-3H3,(H,22,25)/t13-,20+/m1/s1. The highest BCUT2D eigenvalue weighted by atomic mass is 35.5. The number of nitrogens with one attached hydrogen (secondary N) is 1. The molecule has 0 unspecified atom stereocenters. The first-order valence-electron chi connectivity index (χ1n) is 8.54. The zero-order chi connectivity index (χ0) is 19.6. The average molecular weight is 405 g/mol. The highest BCUT2D eigenvalue weighted by Crippen LogP contribution is 2.45. The Morgan fingerprint density at radius 3 is 2.63 bits per heavy atom. The monoisotopic (exact) mass is 404 g/mol. The van der Waals surface area contributed by atoms with Crippen molar-refractivity contribution in [3.63, 3.8) is 0 Å². The average Bonchev–Trinajstić information content (AvgIpc) is 3.03. The van der Waals surface area contributed by atoms with E-state index in [1.807, 2.05) is 49.4 Å². The molecule has 2 aromatic carbocycles. The van der Waals surface area contributed by atoms with Crippen LogP contribution in [0.2, 0.25) is 0 Å². The van der Waals surface area contributed by atoms with Crippen LogP contribution in [0.15, 0.2) is 42.5 Å². The van der Waals surface area contributed by atoms with E-state index in [0.29, 0.717) is 17.2 Å². The molecule has 1 heterocycles. The first kappa shape index (κ1) is 19.6. The SMILES string of the molecule is COc1ccc(C)cc1N1C(=O)CS[C@H]1c1ccc(NC(=O)[C@@H](C)Cl)cc1. The summed E-state index contributed by atoms with van der Waals surface area (Å²) in [5, 5.41) is 2.01. The van der Waals surface area contributed by atoms with Gasteiger partial charge in [0.1, 0.15) is 16.5 Å². The van der Waals surface area contributed by atoms with Gasteiger partial charge in [-0.15, -0.1) is 23.4 Å². The minimum Gasteiger partial charge on any atom is -0.495 e. The van der Waals surface area contributed by atoms with Crippen LogP contribution in [0.25, 0.3) is 0 Å². The minimum atomic E-state index is -0.600. The van der Waals surface area contributed by atoms with Crippen LogP contribution in [0.1, 0.15) is 23.4 Å². The number of hydrogen-bond donors (Lipinski definition) is 1. The summed E-state index contributed by atoms with van der Waals surface area (Å²) < 4.78 is 5.47. The molecule has 0 bridgehead atoms. The predicted octanol–water partition coefficient (Wildman–Crippen LogP) is 4.35. The summed E-state index contributed by atoms with van der Waals surface area (Å²) in [4.78, 5) is 26.1. The lowest BCUT2D eigenvalue weighted by molar-refractivity contribution is -0.116. The molecule has 3 rings (SSSR count). The van der Waals surface area contributed by atoms with Crippen LogP contribution in [-0.2, 0) is 9.59 Å². The molecule has 2 aromatic rings. The molecule has 0 spiro atoms. The van der Waals surface area contributed by atoms with E-state index >= 15 is 0 Å². The normalized spacial score (nSPS) is 17.7. The third-order valence-corrected chi connectivity index (χ3v) is 5.70. The second-order valence-electron chi connectivity index (χ2n) is 6.33. The molecule has 1 aliphatic heterocycles. The number of nitrogens with zero attached hydrogens (tertiary/aromatic N) is 1. The quantitative estimate of drug-likeness (QED) is 0.753. The van der Waals surface area contributed by atoms with E-state index in [-0.39, 0.29) is 17.2 Å². The second-order valence-corrected chi connectivity index (χ2v) is 8.05. The van der Waals surface area contributed by atoms with Gasteiger partial charge in [0.25, 0.3) is 0 Å². The van der Waals surface area contributed by atoms with E-state index in [1.165, 1.54) is 0 Å². The van der Waals surface area contributed by atoms with E-state index in [2.05, 4.69) is 5.32 Å². The molecule has 1 aliphatic rings. The van der Waals surface area contributed by atoms with Gasteiger partial charge in [-0.05, 0) is 49.2 Å². The van der Waals surface area contributed by atoms with Crippen LogP contribution in [0.3, 0.4) is 0 Å². The molecule has 27 heavy (non-hydrogen) atoms. The zero-order valence-electron chi connectivity index (χ0n) is 15.4. The lowest BCUT2D eigenvalue weighted by Gasteiger charge is -2.26. The van der Waals surface area contributed by atoms with Crippen molar-refractivity contribution in [1.29, 1.82) is 0 Å². The molecule has 0 aromatic heterocycles. The number of halogens is 1. The van der Waals surface area contributed by atoms with Gasteiger partial charge in [-0.3, -0.25) is 14.5 Å². The van der Waals surface area contributed by atoms with Crippen molar-refractivity contribution in [3.8, 4) is 5.75 Å². The number of rotatable bonds is 5. The number of hydrogen-bond acceptors (Lipinski definition) is 4. The fourth-order valence-corrected chi connectivity index (χ4v) is 4.12. The maximum atomic E-state index is 12.6. The summed E-state index contributed by atoms with van der Waals surface area (Å²) in [6, 6.07) is 13.3. The van der Waals surface area contributed by atoms with Gasteiger partial charge < -0.3 is 10.1 Å². The van der Waals surface area contributed by atoms with E-state index in [0.717, 1.165) is 16.8 Å². The highest BCUT2D eigenvalue weighted by molar-refractivity contribution is 8.00. The molecular weight excluding hydrogens is 384 g/mol. The van der Waals surface area contributed by atoms with Gasteiger partial charge in [0.15, 0.2) is 0 Å². The number of methoxy groups -OCH3 is 1. The van der Waals surface area contributed by atoms with Crippen LogP contribution in [-0.4, -0.2) is 30.1 Å². The number of anilines is 2. The smallest absolute Gasteiger partial charge is 0.242 e. The number of aryl methyl sites for hydroxylation is 1. The molecule has 1 N–H and O–H groups in total. The van der Waals surface area contributed by atoms with Gasteiger partial charge in [-0.1, -0.05) is 18.2 Å². The van der Waals surface area contributed by atoms with E-state index in [9.17, 15) is 9.59 Å². The number of amides is 2. The molecule has 1 fully saturated rings. The highest BCUT2D eigenvalue weighted by Gasteiger charge is 2.35. The van der Waals surface area contributed by atoms with Crippen molar-refractivity contribution in [2.24, 2.45) is 0 Å². The lowest BCUT2D eigenvalue weighted by Crippen LogP contribution is -2.28. The van der Waals surface area contributed by atoms with Crippen molar-refractivity contribution >= 4 is 46.6 Å². The molecule has 2 amide bonds. The summed E-state index contributed by atoms with van der Waals surface area (Å²) in [5.41, 5.74) is 3.48. The van der Waals surface area contributed by atoms with Crippen LogP contribution >= 0.6 is 23.4 Å². The summed E-state index contributed by atoms with van der Waals surface area (Å²) >= 11 is 7.35. The van der Waals surface area contributed by atoms with Crippen molar-refractivity contribution in [2.45, 2.75) is 24.6 Å². The van der Waals surface area contributed by atoms with Gasteiger partial charge in [-0.2, -0.15) is 0 Å². The number of thioether (sulfide) groups is 1. The first-order chi connectivity index (χ1) is 12.9. The Balaban J connectivity index is 1.89. The molecular formula is C20H21ClN2O3S. The zero-order valence-corrected chi connectivity index (χ0v) is 16.9. The predicted molar refractivity (Wildman–Crippen MR) is 111 cm³/mol. The van der Waals surface area contributed by atoms with Crippen LogP contribution in [0, 0.1) is 6.92 Å². The summed E-state index contributed by atoms with van der Waals surface area (Å²) in [7, 11) is 1.60. The van der Waals surface area contributed by atoms with Gasteiger partial charge in [0.05, 0.1) is 18.6 Å². The van der Waals surface area contributed by atoms with Crippen molar-refractivity contribution in [1.82, 2.24) is 0 Å². The number of carbonyl (C=O) groups excluding carboxylic acids is 2. The number of benzene rings is 2. The molecule has 1 saturated heterocycles. The molecule has 142 valence electrons. The van der Waals surface area contributed by atoms with Gasteiger partial charge >= 0.3 is 0 Å². The van der Waals surface area contributed by atoms with Crippen molar-refractivity contribution in [2.75, 3.05) is 23.1 Å². The largest absolute Gasteiger partial charge is 0.495 e. The fourth-order valence-electron chi connectivity index (χ4n) is 2.89. The third-order valence-electron chi connectivity index (χ3n) is 4.29. The Morgan fingerprint density at radius 2 is 2.00 bits per heavy atom.